The van der Waals surface area contributed by atoms with Gasteiger partial charge in [0.1, 0.15) is 0 Å². The van der Waals surface area contributed by atoms with Crippen LogP contribution in [0.3, 0.4) is 0 Å². The van der Waals surface area contributed by atoms with Crippen molar-refractivity contribution in [3.8, 4) is 0 Å². The second kappa shape index (κ2) is 9.37. The van der Waals surface area contributed by atoms with Crippen LogP contribution in [0.15, 0.2) is 24.3 Å². The summed E-state index contributed by atoms with van der Waals surface area (Å²) in [4.78, 5) is 14.0. The Bertz CT molecular complexity index is 407. The Balaban J connectivity index is 2.50. The zero-order valence-corrected chi connectivity index (χ0v) is 12.3. The second-order valence-electron chi connectivity index (χ2n) is 5.09. The average Bonchev–Trinajstić information content (AvgIpc) is 2.42. The Morgan fingerprint density at radius 2 is 2.05 bits per heavy atom. The third-order valence-corrected chi connectivity index (χ3v) is 3.31. The first-order valence-corrected chi connectivity index (χ1v) is 7.40. The van der Waals surface area contributed by atoms with Gasteiger partial charge in [-0.05, 0) is 24.1 Å². The zero-order chi connectivity index (χ0) is 14.8. The summed E-state index contributed by atoms with van der Waals surface area (Å²) < 4.78 is 0. The van der Waals surface area contributed by atoms with Crippen molar-refractivity contribution in [1.82, 2.24) is 4.90 Å². The van der Waals surface area contributed by atoms with Crippen molar-refractivity contribution in [1.29, 1.82) is 0 Å². The van der Waals surface area contributed by atoms with Gasteiger partial charge < -0.3 is 15.7 Å². The van der Waals surface area contributed by atoms with Crippen molar-refractivity contribution in [3.63, 3.8) is 0 Å². The number of anilines is 1. The lowest BCUT2D eigenvalue weighted by Crippen LogP contribution is -2.35. The molecule has 0 spiro atoms. The van der Waals surface area contributed by atoms with E-state index >= 15 is 0 Å². The van der Waals surface area contributed by atoms with Crippen molar-refractivity contribution in [2.24, 2.45) is 0 Å². The highest BCUT2D eigenvalue weighted by Gasteiger charge is 2.13. The Morgan fingerprint density at radius 3 is 2.70 bits per heavy atom. The number of unbranched alkanes of at least 4 members (excludes halogenated alkanes) is 3. The SMILES string of the molecule is CCCCCCN(CCO)C(=O)Cc1cccc(N)c1. The van der Waals surface area contributed by atoms with Gasteiger partial charge in [-0.25, -0.2) is 0 Å². The molecule has 1 amide bonds. The number of aliphatic hydroxyl groups excluding tert-OH is 1. The molecule has 1 aromatic rings. The summed E-state index contributed by atoms with van der Waals surface area (Å²) in [5.41, 5.74) is 7.31. The number of nitrogens with zero attached hydrogens (tertiary/aromatic N) is 1. The maximum absolute atomic E-state index is 12.3. The molecular formula is C16H26N2O2. The van der Waals surface area contributed by atoms with E-state index in [0.29, 0.717) is 18.7 Å². The predicted molar refractivity (Wildman–Crippen MR) is 82.4 cm³/mol. The van der Waals surface area contributed by atoms with Gasteiger partial charge in [-0.1, -0.05) is 38.3 Å². The normalized spacial score (nSPS) is 10.5. The number of hydrogen-bond acceptors (Lipinski definition) is 3. The molecule has 0 unspecified atom stereocenters. The molecule has 0 heterocycles. The fraction of sp³-hybridized carbons (Fsp3) is 0.562. The van der Waals surface area contributed by atoms with Gasteiger partial charge in [-0.15, -0.1) is 0 Å². The highest BCUT2D eigenvalue weighted by Crippen LogP contribution is 2.09. The number of nitrogens with two attached hydrogens (primary N) is 1. The van der Waals surface area contributed by atoms with Crippen LogP contribution in [-0.2, 0) is 11.2 Å². The Labute approximate surface area is 121 Å². The summed E-state index contributed by atoms with van der Waals surface area (Å²) in [6, 6.07) is 7.40. The molecule has 0 radical (unpaired) electrons. The number of hydrogen-bond donors (Lipinski definition) is 2. The van der Waals surface area contributed by atoms with Gasteiger partial charge in [0.2, 0.25) is 5.91 Å². The van der Waals surface area contributed by atoms with E-state index in [4.69, 9.17) is 10.8 Å². The molecule has 3 N–H and O–H groups in total. The van der Waals surface area contributed by atoms with E-state index in [1.165, 1.54) is 12.8 Å². The zero-order valence-electron chi connectivity index (χ0n) is 12.3. The quantitative estimate of drug-likeness (QED) is 0.537. The van der Waals surface area contributed by atoms with Gasteiger partial charge in [0, 0.05) is 18.8 Å². The third-order valence-electron chi connectivity index (χ3n) is 3.31. The van der Waals surface area contributed by atoms with Crippen LogP contribution < -0.4 is 5.73 Å². The molecule has 1 aromatic carbocycles. The van der Waals surface area contributed by atoms with Crippen molar-refractivity contribution in [2.75, 3.05) is 25.4 Å². The van der Waals surface area contributed by atoms with Crippen LogP contribution in [0.2, 0.25) is 0 Å². The molecule has 20 heavy (non-hydrogen) atoms. The van der Waals surface area contributed by atoms with Gasteiger partial charge in [0.05, 0.1) is 13.0 Å². The van der Waals surface area contributed by atoms with E-state index in [9.17, 15) is 4.79 Å². The second-order valence-corrected chi connectivity index (χ2v) is 5.09. The minimum Gasteiger partial charge on any atom is -0.399 e. The Morgan fingerprint density at radius 1 is 1.25 bits per heavy atom. The standard InChI is InChI=1S/C16H26N2O2/c1-2-3-4-5-9-18(10-11-19)16(20)13-14-7-6-8-15(17)12-14/h6-8,12,19H,2-5,9-11,13,17H2,1H3. The fourth-order valence-corrected chi connectivity index (χ4v) is 2.20. The summed E-state index contributed by atoms with van der Waals surface area (Å²) in [6.07, 6.45) is 4.84. The van der Waals surface area contributed by atoms with Gasteiger partial charge in [0.25, 0.3) is 0 Å². The van der Waals surface area contributed by atoms with E-state index in [-0.39, 0.29) is 12.5 Å². The van der Waals surface area contributed by atoms with Crippen LogP contribution in [-0.4, -0.2) is 35.6 Å². The molecule has 112 valence electrons. The predicted octanol–water partition coefficient (Wildman–Crippen LogP) is 2.21. The molecule has 0 aliphatic carbocycles. The molecule has 0 aliphatic heterocycles. The molecule has 4 nitrogen and oxygen atoms in total. The first kappa shape index (κ1) is 16.5. The number of carbonyl (C=O) groups is 1. The van der Waals surface area contributed by atoms with E-state index in [0.717, 1.165) is 24.9 Å². The van der Waals surface area contributed by atoms with E-state index < -0.39 is 0 Å². The molecule has 0 aromatic heterocycles. The molecule has 0 saturated heterocycles. The monoisotopic (exact) mass is 278 g/mol. The molecule has 0 fully saturated rings. The van der Waals surface area contributed by atoms with Gasteiger partial charge >= 0.3 is 0 Å². The van der Waals surface area contributed by atoms with E-state index in [1.54, 1.807) is 4.90 Å². The van der Waals surface area contributed by atoms with Crippen LogP contribution in [0.1, 0.15) is 38.2 Å². The number of rotatable bonds is 9. The fourth-order valence-electron chi connectivity index (χ4n) is 2.20. The molecule has 4 heteroatoms. The first-order valence-electron chi connectivity index (χ1n) is 7.40. The van der Waals surface area contributed by atoms with Crippen LogP contribution in [0.5, 0.6) is 0 Å². The molecule has 0 atom stereocenters. The van der Waals surface area contributed by atoms with Crippen LogP contribution in [0, 0.1) is 0 Å². The number of carbonyl (C=O) groups excluding carboxylic acids is 1. The summed E-state index contributed by atoms with van der Waals surface area (Å²) in [5.74, 6) is 0.0566. The van der Waals surface area contributed by atoms with Gasteiger partial charge in [0.15, 0.2) is 0 Å². The molecular weight excluding hydrogens is 252 g/mol. The number of aliphatic hydroxyl groups is 1. The summed E-state index contributed by atoms with van der Waals surface area (Å²) >= 11 is 0. The lowest BCUT2D eigenvalue weighted by molar-refractivity contribution is -0.131. The van der Waals surface area contributed by atoms with E-state index in [2.05, 4.69) is 6.92 Å². The summed E-state index contributed by atoms with van der Waals surface area (Å²) in [5, 5.41) is 9.08. The minimum absolute atomic E-state index is 0.0104. The van der Waals surface area contributed by atoms with Gasteiger partial charge in [-0.2, -0.15) is 0 Å². The third kappa shape index (κ3) is 6.06. The molecule has 0 aliphatic rings. The van der Waals surface area contributed by atoms with Crippen molar-refractivity contribution in [2.45, 2.75) is 39.0 Å². The highest BCUT2D eigenvalue weighted by atomic mass is 16.3. The molecule has 1 rings (SSSR count). The number of nitrogen functional groups attached to an aromatic ring is 1. The van der Waals surface area contributed by atoms with Crippen molar-refractivity contribution < 1.29 is 9.90 Å². The Kier molecular flexibility index (Phi) is 7.73. The van der Waals surface area contributed by atoms with Crippen molar-refractivity contribution >= 4 is 11.6 Å². The highest BCUT2D eigenvalue weighted by molar-refractivity contribution is 5.79. The lowest BCUT2D eigenvalue weighted by atomic mass is 10.1. The average molecular weight is 278 g/mol. The van der Waals surface area contributed by atoms with Crippen LogP contribution in [0.25, 0.3) is 0 Å². The number of benzene rings is 1. The number of amides is 1. The lowest BCUT2D eigenvalue weighted by Gasteiger charge is -2.22. The van der Waals surface area contributed by atoms with Crippen LogP contribution >= 0.6 is 0 Å². The Hall–Kier alpha value is -1.55. The van der Waals surface area contributed by atoms with Gasteiger partial charge in [-0.3, -0.25) is 4.79 Å². The van der Waals surface area contributed by atoms with E-state index in [1.807, 2.05) is 24.3 Å². The summed E-state index contributed by atoms with van der Waals surface area (Å²) in [6.45, 7) is 3.31. The minimum atomic E-state index is 0.0104. The topological polar surface area (TPSA) is 66.6 Å². The van der Waals surface area contributed by atoms with Crippen molar-refractivity contribution in [3.05, 3.63) is 29.8 Å². The summed E-state index contributed by atoms with van der Waals surface area (Å²) in [7, 11) is 0. The largest absolute Gasteiger partial charge is 0.399 e. The maximum atomic E-state index is 12.3. The molecule has 0 saturated carbocycles. The smallest absolute Gasteiger partial charge is 0.227 e. The first-order chi connectivity index (χ1) is 9.67. The van der Waals surface area contributed by atoms with Crippen LogP contribution in [0.4, 0.5) is 5.69 Å². The maximum Gasteiger partial charge on any atom is 0.227 e. The molecule has 0 bridgehead atoms.